The SMILES string of the molecule is O=Cc1ccc(Cl)cc1COc1ccccc1CCc1ccccc1. The van der Waals surface area contributed by atoms with E-state index < -0.39 is 0 Å². The second kappa shape index (κ2) is 8.50. The molecule has 3 aromatic rings. The van der Waals surface area contributed by atoms with Gasteiger partial charge in [-0.25, -0.2) is 0 Å². The van der Waals surface area contributed by atoms with Crippen molar-refractivity contribution in [3.05, 3.63) is 100 Å². The van der Waals surface area contributed by atoms with Gasteiger partial charge in [0.15, 0.2) is 0 Å². The molecule has 0 spiro atoms. The van der Waals surface area contributed by atoms with Crippen LogP contribution >= 0.6 is 11.6 Å². The molecule has 0 heterocycles. The van der Waals surface area contributed by atoms with Crippen LogP contribution in [-0.4, -0.2) is 6.29 Å². The third-order valence-electron chi connectivity index (χ3n) is 4.11. The number of carbonyl (C=O) groups excluding carboxylic acids is 1. The van der Waals surface area contributed by atoms with Gasteiger partial charge >= 0.3 is 0 Å². The molecule has 0 amide bonds. The molecule has 0 radical (unpaired) electrons. The molecule has 0 saturated carbocycles. The van der Waals surface area contributed by atoms with Crippen molar-refractivity contribution in [2.24, 2.45) is 0 Å². The largest absolute Gasteiger partial charge is 0.489 e. The van der Waals surface area contributed by atoms with E-state index in [1.165, 1.54) is 5.56 Å². The van der Waals surface area contributed by atoms with E-state index >= 15 is 0 Å². The van der Waals surface area contributed by atoms with Crippen molar-refractivity contribution in [2.75, 3.05) is 0 Å². The fraction of sp³-hybridized carbons (Fsp3) is 0.136. The zero-order valence-electron chi connectivity index (χ0n) is 13.8. The van der Waals surface area contributed by atoms with Gasteiger partial charge in [0, 0.05) is 16.1 Å². The summed E-state index contributed by atoms with van der Waals surface area (Å²) < 4.78 is 5.99. The van der Waals surface area contributed by atoms with Crippen molar-refractivity contribution < 1.29 is 9.53 Å². The predicted molar refractivity (Wildman–Crippen MR) is 101 cm³/mol. The Morgan fingerprint density at radius 3 is 2.40 bits per heavy atom. The summed E-state index contributed by atoms with van der Waals surface area (Å²) in [5.74, 6) is 0.843. The first-order valence-corrected chi connectivity index (χ1v) is 8.62. The highest BCUT2D eigenvalue weighted by Crippen LogP contribution is 2.23. The fourth-order valence-corrected chi connectivity index (χ4v) is 2.94. The third kappa shape index (κ3) is 4.71. The summed E-state index contributed by atoms with van der Waals surface area (Å²) in [5.41, 5.74) is 3.85. The van der Waals surface area contributed by atoms with E-state index in [2.05, 4.69) is 30.3 Å². The first-order chi connectivity index (χ1) is 12.3. The summed E-state index contributed by atoms with van der Waals surface area (Å²) in [5, 5.41) is 0.599. The van der Waals surface area contributed by atoms with Crippen molar-refractivity contribution in [3.63, 3.8) is 0 Å². The van der Waals surface area contributed by atoms with Gasteiger partial charge in [-0.3, -0.25) is 4.79 Å². The van der Waals surface area contributed by atoms with E-state index in [0.29, 0.717) is 17.2 Å². The van der Waals surface area contributed by atoms with E-state index in [1.54, 1.807) is 18.2 Å². The smallest absolute Gasteiger partial charge is 0.150 e. The van der Waals surface area contributed by atoms with Crippen LogP contribution in [0.25, 0.3) is 0 Å². The van der Waals surface area contributed by atoms with Gasteiger partial charge in [-0.15, -0.1) is 0 Å². The van der Waals surface area contributed by atoms with Gasteiger partial charge in [0.05, 0.1) is 0 Å². The highest BCUT2D eigenvalue weighted by atomic mass is 35.5. The van der Waals surface area contributed by atoms with Crippen LogP contribution in [0.5, 0.6) is 5.75 Å². The number of carbonyl (C=O) groups is 1. The molecule has 0 aliphatic heterocycles. The number of aryl methyl sites for hydroxylation is 2. The molecular formula is C22H19ClO2. The Balaban J connectivity index is 1.71. The summed E-state index contributed by atoms with van der Waals surface area (Å²) in [6.07, 6.45) is 2.69. The van der Waals surface area contributed by atoms with Crippen LogP contribution in [0.15, 0.2) is 72.8 Å². The van der Waals surface area contributed by atoms with Crippen LogP contribution in [0.1, 0.15) is 27.0 Å². The third-order valence-corrected chi connectivity index (χ3v) is 4.35. The molecule has 0 fully saturated rings. The number of para-hydroxylation sites is 1. The standard InChI is InChI=1S/C22H19ClO2/c23-21-13-12-19(15-24)20(14-21)16-25-22-9-5-4-8-18(22)11-10-17-6-2-1-3-7-17/h1-9,12-15H,10-11,16H2. The van der Waals surface area contributed by atoms with Gasteiger partial charge in [-0.2, -0.15) is 0 Å². The highest BCUT2D eigenvalue weighted by molar-refractivity contribution is 6.30. The van der Waals surface area contributed by atoms with Crippen LogP contribution in [0.3, 0.4) is 0 Å². The molecule has 3 aromatic carbocycles. The van der Waals surface area contributed by atoms with Crippen molar-refractivity contribution in [3.8, 4) is 5.75 Å². The Labute approximate surface area is 153 Å². The van der Waals surface area contributed by atoms with E-state index in [-0.39, 0.29) is 0 Å². The Morgan fingerprint density at radius 2 is 1.60 bits per heavy atom. The summed E-state index contributed by atoms with van der Waals surface area (Å²) >= 11 is 6.03. The van der Waals surface area contributed by atoms with Gasteiger partial charge in [0.25, 0.3) is 0 Å². The molecule has 0 bridgehead atoms. The molecule has 0 N–H and O–H groups in total. The average molecular weight is 351 g/mol. The second-order valence-electron chi connectivity index (χ2n) is 5.84. The minimum Gasteiger partial charge on any atom is -0.489 e. The predicted octanol–water partition coefficient (Wildman–Crippen LogP) is 5.52. The second-order valence-corrected chi connectivity index (χ2v) is 6.28. The van der Waals surface area contributed by atoms with Gasteiger partial charge in [-0.1, -0.05) is 60.1 Å². The number of halogens is 1. The molecule has 0 aliphatic carbocycles. The van der Waals surface area contributed by atoms with Crippen molar-refractivity contribution in [1.82, 2.24) is 0 Å². The Bertz CT molecular complexity index is 844. The lowest BCUT2D eigenvalue weighted by Gasteiger charge is -2.13. The van der Waals surface area contributed by atoms with Gasteiger partial charge < -0.3 is 4.74 Å². The van der Waals surface area contributed by atoms with Crippen LogP contribution in [0.2, 0.25) is 5.02 Å². The zero-order valence-corrected chi connectivity index (χ0v) is 14.6. The molecule has 0 atom stereocenters. The van der Waals surface area contributed by atoms with Crippen molar-refractivity contribution in [1.29, 1.82) is 0 Å². The molecular weight excluding hydrogens is 332 g/mol. The topological polar surface area (TPSA) is 26.3 Å². The molecule has 0 saturated heterocycles. The Hall–Kier alpha value is -2.58. The number of aldehydes is 1. The maximum atomic E-state index is 11.2. The van der Waals surface area contributed by atoms with Gasteiger partial charge in [0.2, 0.25) is 0 Å². The van der Waals surface area contributed by atoms with Crippen molar-refractivity contribution in [2.45, 2.75) is 19.4 Å². The molecule has 126 valence electrons. The van der Waals surface area contributed by atoms with Crippen molar-refractivity contribution >= 4 is 17.9 Å². The number of hydrogen-bond acceptors (Lipinski definition) is 2. The first-order valence-electron chi connectivity index (χ1n) is 8.24. The highest BCUT2D eigenvalue weighted by Gasteiger charge is 2.07. The Morgan fingerprint density at radius 1 is 0.840 bits per heavy atom. The maximum Gasteiger partial charge on any atom is 0.150 e. The van der Waals surface area contributed by atoms with Crippen LogP contribution in [0.4, 0.5) is 0 Å². The minimum atomic E-state index is 0.316. The average Bonchev–Trinajstić information content (AvgIpc) is 2.66. The summed E-state index contributed by atoms with van der Waals surface area (Å²) in [6, 6.07) is 23.6. The lowest BCUT2D eigenvalue weighted by Crippen LogP contribution is -2.02. The molecule has 0 aromatic heterocycles. The number of ether oxygens (including phenoxy) is 1. The summed E-state index contributed by atoms with van der Waals surface area (Å²) in [4.78, 5) is 11.2. The molecule has 0 unspecified atom stereocenters. The zero-order chi connectivity index (χ0) is 17.5. The number of benzene rings is 3. The quantitative estimate of drug-likeness (QED) is 0.525. The fourth-order valence-electron chi connectivity index (χ4n) is 2.74. The lowest BCUT2D eigenvalue weighted by molar-refractivity contribution is 0.112. The van der Waals surface area contributed by atoms with E-state index in [0.717, 1.165) is 36.0 Å². The molecule has 25 heavy (non-hydrogen) atoms. The summed E-state index contributed by atoms with van der Waals surface area (Å²) in [6.45, 7) is 0.316. The van der Waals surface area contributed by atoms with Gasteiger partial charge in [0.1, 0.15) is 18.6 Å². The molecule has 3 rings (SSSR count). The molecule has 3 heteroatoms. The first kappa shape index (κ1) is 17.2. The van der Waals surface area contributed by atoms with Crippen LogP contribution in [-0.2, 0) is 19.4 Å². The van der Waals surface area contributed by atoms with E-state index in [9.17, 15) is 4.79 Å². The van der Waals surface area contributed by atoms with Crippen LogP contribution in [0, 0.1) is 0 Å². The molecule has 2 nitrogen and oxygen atoms in total. The van der Waals surface area contributed by atoms with Gasteiger partial charge in [-0.05, 0) is 48.2 Å². The summed E-state index contributed by atoms with van der Waals surface area (Å²) in [7, 11) is 0. The van der Waals surface area contributed by atoms with Crippen LogP contribution < -0.4 is 4.74 Å². The molecule has 0 aliphatic rings. The normalized spacial score (nSPS) is 10.4. The minimum absolute atomic E-state index is 0.316. The maximum absolute atomic E-state index is 11.2. The Kier molecular flexibility index (Phi) is 5.86. The number of hydrogen-bond donors (Lipinski definition) is 0. The lowest BCUT2D eigenvalue weighted by atomic mass is 10.0. The van der Waals surface area contributed by atoms with E-state index in [1.807, 2.05) is 24.3 Å². The van der Waals surface area contributed by atoms with E-state index in [4.69, 9.17) is 16.3 Å². The monoisotopic (exact) mass is 350 g/mol. The number of rotatable bonds is 7.